The van der Waals surface area contributed by atoms with Gasteiger partial charge in [-0.05, 0) is 36.1 Å². The molecule has 22 heavy (non-hydrogen) atoms. The van der Waals surface area contributed by atoms with E-state index in [9.17, 15) is 9.90 Å². The molecule has 0 aliphatic heterocycles. The third kappa shape index (κ3) is 3.18. The largest absolute Gasteiger partial charge is 0.491 e. The average Bonchev–Trinajstić information content (AvgIpc) is 2.98. The van der Waals surface area contributed by atoms with Crippen molar-refractivity contribution in [2.75, 3.05) is 6.61 Å². The smallest absolute Gasteiger partial charge is 0.271 e. The van der Waals surface area contributed by atoms with E-state index in [0.29, 0.717) is 16.0 Å². The summed E-state index contributed by atoms with van der Waals surface area (Å²) in [7, 11) is 0. The Bertz CT molecular complexity index is 841. The Kier molecular flexibility index (Phi) is 4.22. The number of fused-ring (bicyclic) bond motifs is 1. The van der Waals surface area contributed by atoms with Gasteiger partial charge >= 0.3 is 0 Å². The number of ether oxygens (including phenoxy) is 1. The summed E-state index contributed by atoms with van der Waals surface area (Å²) < 4.78 is 7.58. The Morgan fingerprint density at radius 2 is 2.27 bits per heavy atom. The van der Waals surface area contributed by atoms with Crippen LogP contribution < -0.4 is 10.3 Å². The zero-order valence-corrected chi connectivity index (χ0v) is 12.9. The Morgan fingerprint density at radius 1 is 1.41 bits per heavy atom. The second-order valence-electron chi connectivity index (χ2n) is 5.12. The van der Waals surface area contributed by atoms with Gasteiger partial charge in [0.15, 0.2) is 0 Å². The fourth-order valence-corrected chi connectivity index (χ4v) is 2.98. The van der Waals surface area contributed by atoms with E-state index in [4.69, 9.17) is 4.74 Å². The number of thiophene rings is 1. The summed E-state index contributed by atoms with van der Waals surface area (Å²) in [5.41, 5.74) is 1.65. The summed E-state index contributed by atoms with van der Waals surface area (Å²) in [4.78, 5) is 16.4. The van der Waals surface area contributed by atoms with E-state index in [-0.39, 0.29) is 18.7 Å². The van der Waals surface area contributed by atoms with Gasteiger partial charge in [0.05, 0.1) is 18.4 Å². The summed E-state index contributed by atoms with van der Waals surface area (Å²) >= 11 is 1.36. The van der Waals surface area contributed by atoms with Crippen molar-refractivity contribution in [3.63, 3.8) is 0 Å². The molecule has 3 aromatic rings. The van der Waals surface area contributed by atoms with Gasteiger partial charge in [-0.1, -0.05) is 12.1 Å². The topological polar surface area (TPSA) is 64.3 Å². The molecule has 1 aromatic carbocycles. The number of benzene rings is 1. The molecule has 2 heterocycles. The van der Waals surface area contributed by atoms with Gasteiger partial charge in [0, 0.05) is 0 Å². The fourth-order valence-electron chi connectivity index (χ4n) is 2.19. The van der Waals surface area contributed by atoms with Crippen LogP contribution in [0, 0.1) is 6.92 Å². The van der Waals surface area contributed by atoms with Crippen LogP contribution in [0.5, 0.6) is 5.75 Å². The standard InChI is InChI=1S/C16H16N2O3S/c1-11-3-2-4-13(7-11)21-9-12(19)8-18-10-17-14-5-6-22-15(14)16(18)20/h2-7,10,12,19H,8-9H2,1H3. The molecule has 5 nitrogen and oxygen atoms in total. The number of hydrogen-bond acceptors (Lipinski definition) is 5. The summed E-state index contributed by atoms with van der Waals surface area (Å²) in [6.07, 6.45) is 0.685. The number of rotatable bonds is 5. The highest BCUT2D eigenvalue weighted by molar-refractivity contribution is 7.17. The molecule has 0 fully saturated rings. The average molecular weight is 316 g/mol. The van der Waals surface area contributed by atoms with Crippen molar-refractivity contribution in [2.45, 2.75) is 19.6 Å². The maximum absolute atomic E-state index is 12.2. The molecule has 0 amide bonds. The summed E-state index contributed by atoms with van der Waals surface area (Å²) in [6.45, 7) is 2.26. The first-order valence-electron chi connectivity index (χ1n) is 6.93. The minimum atomic E-state index is -0.780. The summed E-state index contributed by atoms with van der Waals surface area (Å²) in [5.74, 6) is 0.707. The Labute approximate surface area is 131 Å². The first-order chi connectivity index (χ1) is 10.6. The normalized spacial score (nSPS) is 12.5. The van der Waals surface area contributed by atoms with Gasteiger partial charge in [-0.25, -0.2) is 4.98 Å². The number of aryl methyl sites for hydroxylation is 1. The number of hydrogen-bond donors (Lipinski definition) is 1. The van der Waals surface area contributed by atoms with Crippen molar-refractivity contribution in [1.29, 1.82) is 0 Å². The van der Waals surface area contributed by atoms with Gasteiger partial charge in [0.2, 0.25) is 0 Å². The number of aromatic nitrogens is 2. The van der Waals surface area contributed by atoms with E-state index < -0.39 is 6.10 Å². The van der Waals surface area contributed by atoms with E-state index in [1.165, 1.54) is 22.2 Å². The van der Waals surface area contributed by atoms with Crippen LogP contribution in [0.25, 0.3) is 10.2 Å². The molecule has 1 unspecified atom stereocenters. The Hall–Kier alpha value is -2.18. The second-order valence-corrected chi connectivity index (χ2v) is 6.03. The highest BCUT2D eigenvalue weighted by Crippen LogP contribution is 2.14. The maximum atomic E-state index is 12.2. The Balaban J connectivity index is 1.66. The molecular weight excluding hydrogens is 300 g/mol. The van der Waals surface area contributed by atoms with E-state index in [0.717, 1.165) is 5.56 Å². The van der Waals surface area contributed by atoms with Crippen molar-refractivity contribution in [3.8, 4) is 5.75 Å². The maximum Gasteiger partial charge on any atom is 0.271 e. The molecule has 3 rings (SSSR count). The SMILES string of the molecule is Cc1cccc(OCC(O)Cn2cnc3ccsc3c2=O)c1. The minimum Gasteiger partial charge on any atom is -0.491 e. The lowest BCUT2D eigenvalue weighted by Gasteiger charge is -2.14. The minimum absolute atomic E-state index is 0.123. The molecule has 0 bridgehead atoms. The Morgan fingerprint density at radius 3 is 3.09 bits per heavy atom. The van der Waals surface area contributed by atoms with Gasteiger partial charge in [-0.2, -0.15) is 0 Å². The van der Waals surface area contributed by atoms with Crippen molar-refractivity contribution >= 4 is 21.6 Å². The number of aliphatic hydroxyl groups excluding tert-OH is 1. The molecule has 0 aliphatic carbocycles. The molecule has 114 valence electrons. The molecule has 2 aromatic heterocycles. The molecule has 1 N–H and O–H groups in total. The first-order valence-corrected chi connectivity index (χ1v) is 7.81. The van der Waals surface area contributed by atoms with Crippen molar-refractivity contribution in [3.05, 3.63) is 58.0 Å². The monoisotopic (exact) mass is 316 g/mol. The lowest BCUT2D eigenvalue weighted by molar-refractivity contribution is 0.0914. The van der Waals surface area contributed by atoms with Crippen LogP contribution in [0.3, 0.4) is 0 Å². The van der Waals surface area contributed by atoms with Gasteiger partial charge in [0.25, 0.3) is 5.56 Å². The number of nitrogens with zero attached hydrogens (tertiary/aromatic N) is 2. The number of aliphatic hydroxyl groups is 1. The zero-order valence-electron chi connectivity index (χ0n) is 12.1. The van der Waals surface area contributed by atoms with Gasteiger partial charge in [-0.3, -0.25) is 9.36 Å². The van der Waals surface area contributed by atoms with Crippen LogP contribution in [-0.4, -0.2) is 27.4 Å². The van der Waals surface area contributed by atoms with Crippen molar-refractivity contribution < 1.29 is 9.84 Å². The highest BCUT2D eigenvalue weighted by atomic mass is 32.1. The summed E-state index contributed by atoms with van der Waals surface area (Å²) in [6, 6.07) is 9.42. The predicted octanol–water partition coefficient (Wildman–Crippen LogP) is 2.21. The third-order valence-corrected chi connectivity index (χ3v) is 4.17. The van der Waals surface area contributed by atoms with Crippen molar-refractivity contribution in [2.24, 2.45) is 0 Å². The van der Waals surface area contributed by atoms with Crippen LogP contribution in [0.4, 0.5) is 0 Å². The lowest BCUT2D eigenvalue weighted by atomic mass is 10.2. The van der Waals surface area contributed by atoms with Gasteiger partial charge in [0.1, 0.15) is 23.2 Å². The molecule has 0 saturated heterocycles. The quantitative estimate of drug-likeness (QED) is 0.784. The zero-order chi connectivity index (χ0) is 15.5. The van der Waals surface area contributed by atoms with Crippen LogP contribution in [0.15, 0.2) is 46.8 Å². The van der Waals surface area contributed by atoms with E-state index in [1.54, 1.807) is 0 Å². The first kappa shape index (κ1) is 14.7. The van der Waals surface area contributed by atoms with Crippen LogP contribution in [-0.2, 0) is 6.54 Å². The molecule has 0 spiro atoms. The molecular formula is C16H16N2O3S. The molecule has 1 atom stereocenters. The third-order valence-electron chi connectivity index (χ3n) is 3.28. The lowest BCUT2D eigenvalue weighted by Crippen LogP contribution is -2.30. The molecule has 0 saturated carbocycles. The highest BCUT2D eigenvalue weighted by Gasteiger charge is 2.11. The van der Waals surface area contributed by atoms with E-state index >= 15 is 0 Å². The summed E-state index contributed by atoms with van der Waals surface area (Å²) in [5, 5.41) is 11.9. The molecule has 0 aliphatic rings. The second kappa shape index (κ2) is 6.29. The van der Waals surface area contributed by atoms with E-state index in [1.807, 2.05) is 42.6 Å². The molecule has 6 heteroatoms. The molecule has 0 radical (unpaired) electrons. The van der Waals surface area contributed by atoms with Gasteiger partial charge < -0.3 is 9.84 Å². The van der Waals surface area contributed by atoms with Crippen LogP contribution >= 0.6 is 11.3 Å². The van der Waals surface area contributed by atoms with Gasteiger partial charge in [-0.15, -0.1) is 11.3 Å². The van der Waals surface area contributed by atoms with Crippen LogP contribution in [0.2, 0.25) is 0 Å². The van der Waals surface area contributed by atoms with Crippen molar-refractivity contribution in [1.82, 2.24) is 9.55 Å². The fraction of sp³-hybridized carbons (Fsp3) is 0.250. The van der Waals surface area contributed by atoms with Crippen LogP contribution in [0.1, 0.15) is 5.56 Å². The predicted molar refractivity (Wildman–Crippen MR) is 86.6 cm³/mol. The van der Waals surface area contributed by atoms with E-state index in [2.05, 4.69) is 4.98 Å².